The van der Waals surface area contributed by atoms with Crippen LogP contribution in [0.25, 0.3) is 0 Å². The third kappa shape index (κ3) is 3.29. The van der Waals surface area contributed by atoms with Gasteiger partial charge in [-0.3, -0.25) is 5.10 Å². The number of alkyl halides is 1. The molecule has 0 amide bonds. The second kappa shape index (κ2) is 5.49. The quantitative estimate of drug-likeness (QED) is 0.828. The van der Waals surface area contributed by atoms with Gasteiger partial charge in [0.05, 0.1) is 6.20 Å². The Balaban J connectivity index is 1.93. The Morgan fingerprint density at radius 2 is 2.24 bits per heavy atom. The first-order valence-corrected chi connectivity index (χ1v) is 8.12. The summed E-state index contributed by atoms with van der Waals surface area (Å²) in [5, 5.41) is 6.23. The molecular formula is C10H16BrN3O2S. The van der Waals surface area contributed by atoms with Crippen LogP contribution in [0.1, 0.15) is 25.7 Å². The average Bonchev–Trinajstić information content (AvgIpc) is 2.82. The number of aromatic nitrogens is 2. The van der Waals surface area contributed by atoms with E-state index in [-0.39, 0.29) is 5.03 Å². The second-order valence-electron chi connectivity index (χ2n) is 4.33. The molecule has 17 heavy (non-hydrogen) atoms. The summed E-state index contributed by atoms with van der Waals surface area (Å²) in [6.45, 7) is 0.483. The zero-order chi connectivity index (χ0) is 12.3. The van der Waals surface area contributed by atoms with E-state index in [9.17, 15) is 8.42 Å². The number of rotatable bonds is 4. The van der Waals surface area contributed by atoms with E-state index in [1.165, 1.54) is 25.1 Å². The molecule has 5 nitrogen and oxygen atoms in total. The van der Waals surface area contributed by atoms with E-state index in [1.54, 1.807) is 0 Å². The van der Waals surface area contributed by atoms with Crippen molar-refractivity contribution in [3.8, 4) is 0 Å². The molecule has 96 valence electrons. The van der Waals surface area contributed by atoms with Gasteiger partial charge >= 0.3 is 0 Å². The lowest BCUT2D eigenvalue weighted by atomic mass is 9.89. The fourth-order valence-corrected chi connectivity index (χ4v) is 3.86. The minimum Gasteiger partial charge on any atom is -0.266 e. The lowest BCUT2D eigenvalue weighted by Gasteiger charge is -2.27. The molecule has 0 aromatic carbocycles. The molecule has 1 aromatic heterocycles. The van der Waals surface area contributed by atoms with Crippen LogP contribution in [0.15, 0.2) is 17.3 Å². The van der Waals surface area contributed by atoms with Gasteiger partial charge in [-0.2, -0.15) is 5.10 Å². The predicted octanol–water partition coefficient (Wildman–Crippen LogP) is 1.64. The molecule has 2 rings (SSSR count). The van der Waals surface area contributed by atoms with Crippen LogP contribution < -0.4 is 4.72 Å². The molecule has 1 fully saturated rings. The van der Waals surface area contributed by atoms with Crippen molar-refractivity contribution in [2.45, 2.75) is 35.5 Å². The average molecular weight is 322 g/mol. The molecule has 2 N–H and O–H groups in total. The molecule has 1 saturated carbocycles. The third-order valence-corrected chi connectivity index (χ3v) is 5.68. The number of sulfonamides is 1. The minimum atomic E-state index is -3.43. The Hall–Kier alpha value is -0.400. The summed E-state index contributed by atoms with van der Waals surface area (Å²) in [6.07, 6.45) is 6.03. The molecule has 0 bridgehead atoms. The molecule has 0 spiro atoms. The maximum atomic E-state index is 11.8. The first-order chi connectivity index (χ1) is 8.09. The van der Waals surface area contributed by atoms with Gasteiger partial charge in [-0.25, -0.2) is 13.1 Å². The summed E-state index contributed by atoms with van der Waals surface area (Å²) in [6, 6.07) is 1.45. The lowest BCUT2D eigenvalue weighted by molar-refractivity contribution is 0.373. The minimum absolute atomic E-state index is 0.124. The molecule has 1 aliphatic carbocycles. The number of hydrogen-bond donors (Lipinski definition) is 2. The highest BCUT2D eigenvalue weighted by molar-refractivity contribution is 9.09. The molecule has 1 aromatic rings. The van der Waals surface area contributed by atoms with Crippen LogP contribution >= 0.6 is 15.9 Å². The van der Waals surface area contributed by atoms with Gasteiger partial charge < -0.3 is 0 Å². The smallest absolute Gasteiger partial charge is 0.257 e. The number of aromatic amines is 1. The van der Waals surface area contributed by atoms with Crippen LogP contribution in [0.5, 0.6) is 0 Å². The fraction of sp³-hybridized carbons (Fsp3) is 0.700. The largest absolute Gasteiger partial charge is 0.266 e. The highest BCUT2D eigenvalue weighted by Crippen LogP contribution is 2.29. The van der Waals surface area contributed by atoms with Crippen molar-refractivity contribution < 1.29 is 8.42 Å². The maximum Gasteiger partial charge on any atom is 0.257 e. The van der Waals surface area contributed by atoms with Crippen molar-refractivity contribution in [3.05, 3.63) is 12.3 Å². The molecule has 0 radical (unpaired) electrons. The Morgan fingerprint density at radius 1 is 1.47 bits per heavy atom. The lowest BCUT2D eigenvalue weighted by Crippen LogP contribution is -2.34. The summed E-state index contributed by atoms with van der Waals surface area (Å²) in [5.74, 6) is 0.376. The zero-order valence-electron chi connectivity index (χ0n) is 9.39. The van der Waals surface area contributed by atoms with Crippen molar-refractivity contribution in [2.75, 3.05) is 6.54 Å². The number of halogens is 1. The van der Waals surface area contributed by atoms with Crippen LogP contribution in [-0.4, -0.2) is 30.0 Å². The van der Waals surface area contributed by atoms with Crippen molar-refractivity contribution in [3.63, 3.8) is 0 Å². The topological polar surface area (TPSA) is 74.8 Å². The standard InChI is InChI=1S/C10H16BrN3O2S/c11-9-4-2-1-3-8(9)7-13-17(15,16)10-5-6-12-14-10/h5-6,8-9,13H,1-4,7H2,(H,12,14). The van der Waals surface area contributed by atoms with E-state index in [0.717, 1.165) is 12.8 Å². The van der Waals surface area contributed by atoms with Gasteiger partial charge in [0, 0.05) is 11.4 Å². The Morgan fingerprint density at radius 3 is 2.88 bits per heavy atom. The van der Waals surface area contributed by atoms with E-state index in [4.69, 9.17) is 0 Å². The maximum absolute atomic E-state index is 11.8. The van der Waals surface area contributed by atoms with Crippen LogP contribution in [0.4, 0.5) is 0 Å². The molecule has 0 saturated heterocycles. The van der Waals surface area contributed by atoms with E-state index in [0.29, 0.717) is 17.3 Å². The van der Waals surface area contributed by atoms with Gasteiger partial charge in [0.1, 0.15) is 0 Å². The number of H-pyrrole nitrogens is 1. The van der Waals surface area contributed by atoms with Crippen molar-refractivity contribution in [1.29, 1.82) is 0 Å². The van der Waals surface area contributed by atoms with E-state index in [2.05, 4.69) is 30.8 Å². The van der Waals surface area contributed by atoms with Crippen molar-refractivity contribution in [2.24, 2.45) is 5.92 Å². The number of hydrogen-bond acceptors (Lipinski definition) is 3. The first-order valence-electron chi connectivity index (χ1n) is 5.73. The molecule has 1 heterocycles. The molecule has 0 aliphatic heterocycles. The Bertz CT molecular complexity index is 446. The first kappa shape index (κ1) is 13.0. The van der Waals surface area contributed by atoms with Crippen molar-refractivity contribution in [1.82, 2.24) is 14.9 Å². The van der Waals surface area contributed by atoms with Crippen LogP contribution in [0.2, 0.25) is 0 Å². The fourth-order valence-electron chi connectivity index (χ4n) is 2.08. The van der Waals surface area contributed by atoms with E-state index < -0.39 is 10.0 Å². The number of nitrogens with one attached hydrogen (secondary N) is 2. The van der Waals surface area contributed by atoms with Crippen LogP contribution in [0, 0.1) is 5.92 Å². The monoisotopic (exact) mass is 321 g/mol. The molecule has 2 atom stereocenters. The molecular weight excluding hydrogens is 306 g/mol. The van der Waals surface area contributed by atoms with Crippen LogP contribution in [-0.2, 0) is 10.0 Å². The second-order valence-corrected chi connectivity index (χ2v) is 7.24. The van der Waals surface area contributed by atoms with Gasteiger partial charge in [0.25, 0.3) is 10.0 Å². The summed E-state index contributed by atoms with van der Waals surface area (Å²) in [5.41, 5.74) is 0. The highest BCUT2D eigenvalue weighted by atomic mass is 79.9. The normalized spacial score (nSPS) is 25.9. The van der Waals surface area contributed by atoms with Gasteiger partial charge in [-0.1, -0.05) is 28.8 Å². The summed E-state index contributed by atoms with van der Waals surface area (Å²) >= 11 is 3.62. The van der Waals surface area contributed by atoms with E-state index in [1.807, 2.05) is 0 Å². The Labute approximate surface area is 110 Å². The zero-order valence-corrected chi connectivity index (χ0v) is 11.8. The number of nitrogens with zero attached hydrogens (tertiary/aromatic N) is 1. The van der Waals surface area contributed by atoms with Gasteiger partial charge in [-0.05, 0) is 24.8 Å². The van der Waals surface area contributed by atoms with Gasteiger partial charge in [0.2, 0.25) is 0 Å². The highest BCUT2D eigenvalue weighted by Gasteiger charge is 2.25. The van der Waals surface area contributed by atoms with Gasteiger partial charge in [0.15, 0.2) is 5.03 Å². The molecule has 1 aliphatic rings. The predicted molar refractivity (Wildman–Crippen MR) is 68.4 cm³/mol. The SMILES string of the molecule is O=S(=O)(NCC1CCCCC1Br)c1ccn[nH]1. The van der Waals surface area contributed by atoms with Crippen molar-refractivity contribution >= 4 is 26.0 Å². The van der Waals surface area contributed by atoms with Crippen LogP contribution in [0.3, 0.4) is 0 Å². The molecule has 2 unspecified atom stereocenters. The summed E-state index contributed by atoms with van der Waals surface area (Å²) in [7, 11) is -3.43. The Kier molecular flexibility index (Phi) is 4.22. The summed E-state index contributed by atoms with van der Waals surface area (Å²) in [4.78, 5) is 0.417. The molecule has 7 heteroatoms. The third-order valence-electron chi connectivity index (χ3n) is 3.12. The van der Waals surface area contributed by atoms with E-state index >= 15 is 0 Å². The van der Waals surface area contributed by atoms with Gasteiger partial charge in [-0.15, -0.1) is 0 Å². The summed E-state index contributed by atoms with van der Waals surface area (Å²) < 4.78 is 26.3.